The standard InChI is InChI=1S/C15H21NO4S2/c1-2-10-16(15-9-11-21(17,18)13-15)22(19,20)12-8-14-6-4-3-5-7-14/h3-8,12,15H,2,9-11,13H2,1H3/b12-8+/t15-/m1/s1. The van der Waals surface area contributed by atoms with Gasteiger partial charge in [-0.3, -0.25) is 0 Å². The maximum atomic E-state index is 12.5. The largest absolute Gasteiger partial charge is 0.236 e. The van der Waals surface area contributed by atoms with Gasteiger partial charge in [-0.15, -0.1) is 0 Å². The number of hydrogen-bond donors (Lipinski definition) is 0. The quantitative estimate of drug-likeness (QED) is 0.791. The molecule has 0 spiro atoms. The highest BCUT2D eigenvalue weighted by Gasteiger charge is 2.36. The van der Waals surface area contributed by atoms with Crippen molar-refractivity contribution in [1.82, 2.24) is 4.31 Å². The van der Waals surface area contributed by atoms with Gasteiger partial charge < -0.3 is 0 Å². The van der Waals surface area contributed by atoms with Gasteiger partial charge in [-0.25, -0.2) is 16.8 Å². The van der Waals surface area contributed by atoms with Gasteiger partial charge in [0.1, 0.15) is 0 Å². The zero-order valence-electron chi connectivity index (χ0n) is 12.6. The predicted molar refractivity (Wildman–Crippen MR) is 88.5 cm³/mol. The molecule has 0 amide bonds. The fraction of sp³-hybridized carbons (Fsp3) is 0.467. The zero-order valence-corrected chi connectivity index (χ0v) is 14.2. The molecule has 1 aromatic rings. The third kappa shape index (κ3) is 4.41. The minimum absolute atomic E-state index is 0.0653. The number of hydrogen-bond acceptors (Lipinski definition) is 4. The van der Waals surface area contributed by atoms with Gasteiger partial charge in [-0.1, -0.05) is 37.3 Å². The summed E-state index contributed by atoms with van der Waals surface area (Å²) in [6.45, 7) is 2.22. The molecule has 1 heterocycles. The molecule has 7 heteroatoms. The Morgan fingerprint density at radius 3 is 2.50 bits per heavy atom. The summed E-state index contributed by atoms with van der Waals surface area (Å²) in [5, 5.41) is 1.17. The van der Waals surface area contributed by atoms with E-state index in [-0.39, 0.29) is 11.5 Å². The third-order valence-electron chi connectivity index (χ3n) is 3.62. The molecular weight excluding hydrogens is 322 g/mol. The van der Waals surface area contributed by atoms with Gasteiger partial charge in [0.05, 0.1) is 11.5 Å². The molecule has 0 N–H and O–H groups in total. The van der Waals surface area contributed by atoms with Crippen molar-refractivity contribution in [2.75, 3.05) is 18.1 Å². The number of rotatable bonds is 6. The van der Waals surface area contributed by atoms with Crippen LogP contribution in [0.1, 0.15) is 25.3 Å². The fourth-order valence-electron chi connectivity index (χ4n) is 2.55. The molecule has 1 fully saturated rings. The second-order valence-electron chi connectivity index (χ2n) is 5.43. The topological polar surface area (TPSA) is 71.5 Å². The number of nitrogens with zero attached hydrogens (tertiary/aromatic N) is 1. The van der Waals surface area contributed by atoms with Gasteiger partial charge >= 0.3 is 0 Å². The molecule has 1 aliphatic heterocycles. The molecule has 0 radical (unpaired) electrons. The fourth-order valence-corrected chi connectivity index (χ4v) is 5.89. The van der Waals surface area contributed by atoms with E-state index in [0.29, 0.717) is 19.4 Å². The zero-order chi connectivity index (χ0) is 16.2. The second-order valence-corrected chi connectivity index (χ2v) is 9.43. The molecule has 1 aliphatic rings. The average Bonchev–Trinajstić information content (AvgIpc) is 2.83. The van der Waals surface area contributed by atoms with Crippen LogP contribution in [0.4, 0.5) is 0 Å². The minimum Gasteiger partial charge on any atom is -0.229 e. The van der Waals surface area contributed by atoms with Crippen molar-refractivity contribution in [3.05, 3.63) is 41.3 Å². The van der Waals surface area contributed by atoms with Gasteiger partial charge in [0.15, 0.2) is 9.84 Å². The lowest BCUT2D eigenvalue weighted by Crippen LogP contribution is -2.40. The van der Waals surface area contributed by atoms with E-state index in [1.807, 2.05) is 37.3 Å². The van der Waals surface area contributed by atoms with Crippen molar-refractivity contribution >= 4 is 25.9 Å². The Bertz CT molecular complexity index is 724. The van der Waals surface area contributed by atoms with Crippen LogP contribution in [0.5, 0.6) is 0 Å². The summed E-state index contributed by atoms with van der Waals surface area (Å²) in [5.41, 5.74) is 0.793. The van der Waals surface area contributed by atoms with Gasteiger partial charge in [0.2, 0.25) is 10.0 Å². The van der Waals surface area contributed by atoms with Gasteiger partial charge in [-0.05, 0) is 24.5 Å². The lowest BCUT2D eigenvalue weighted by Gasteiger charge is -2.25. The summed E-state index contributed by atoms with van der Waals surface area (Å²) < 4.78 is 49.6. The maximum absolute atomic E-state index is 12.5. The summed E-state index contributed by atoms with van der Waals surface area (Å²) in [5.74, 6) is -0.0127. The van der Waals surface area contributed by atoms with Crippen LogP contribution < -0.4 is 0 Å². The Balaban J connectivity index is 2.21. The summed E-state index contributed by atoms with van der Waals surface area (Å²) >= 11 is 0. The summed E-state index contributed by atoms with van der Waals surface area (Å²) in [6.07, 6.45) is 2.57. The predicted octanol–water partition coefficient (Wildman–Crippen LogP) is 1.89. The van der Waals surface area contributed by atoms with Crippen LogP contribution in [0, 0.1) is 0 Å². The van der Waals surface area contributed by atoms with E-state index < -0.39 is 25.9 Å². The Hall–Kier alpha value is -1.18. The van der Waals surface area contributed by atoms with Crippen molar-refractivity contribution in [2.45, 2.75) is 25.8 Å². The smallest absolute Gasteiger partial charge is 0.229 e. The molecule has 122 valence electrons. The third-order valence-corrected chi connectivity index (χ3v) is 6.98. The SMILES string of the molecule is CCCN([C@@H]1CCS(=O)(=O)C1)S(=O)(=O)/C=C/c1ccccc1. The van der Waals surface area contributed by atoms with E-state index in [1.165, 1.54) is 9.71 Å². The molecule has 1 aromatic carbocycles. The molecule has 1 saturated heterocycles. The van der Waals surface area contributed by atoms with Gasteiger partial charge in [0, 0.05) is 18.0 Å². The Morgan fingerprint density at radius 1 is 1.27 bits per heavy atom. The van der Waals surface area contributed by atoms with Crippen molar-refractivity contribution in [1.29, 1.82) is 0 Å². The van der Waals surface area contributed by atoms with Crippen LogP contribution in [0.15, 0.2) is 35.7 Å². The molecule has 22 heavy (non-hydrogen) atoms. The van der Waals surface area contributed by atoms with E-state index in [4.69, 9.17) is 0 Å². The first kappa shape index (κ1) is 17.2. The van der Waals surface area contributed by atoms with Crippen LogP contribution in [0.2, 0.25) is 0 Å². The first-order chi connectivity index (χ1) is 10.3. The van der Waals surface area contributed by atoms with Crippen LogP contribution in [0.25, 0.3) is 6.08 Å². The van der Waals surface area contributed by atoms with Crippen molar-refractivity contribution < 1.29 is 16.8 Å². The summed E-state index contributed by atoms with van der Waals surface area (Å²) in [7, 11) is -6.74. The van der Waals surface area contributed by atoms with Crippen molar-refractivity contribution in [2.24, 2.45) is 0 Å². The highest BCUT2D eigenvalue weighted by Crippen LogP contribution is 2.22. The minimum atomic E-state index is -3.63. The Labute approximate surface area is 132 Å². The molecule has 2 rings (SSSR count). The Kier molecular flexibility index (Phi) is 5.41. The van der Waals surface area contributed by atoms with E-state index in [1.54, 1.807) is 6.08 Å². The lowest BCUT2D eigenvalue weighted by atomic mass is 10.2. The van der Waals surface area contributed by atoms with E-state index in [2.05, 4.69) is 0 Å². The number of sulfone groups is 1. The highest BCUT2D eigenvalue weighted by atomic mass is 32.2. The molecule has 0 unspecified atom stereocenters. The molecule has 0 saturated carbocycles. The Morgan fingerprint density at radius 2 is 1.95 bits per heavy atom. The van der Waals surface area contributed by atoms with Crippen LogP contribution in [-0.2, 0) is 19.9 Å². The number of benzene rings is 1. The summed E-state index contributed by atoms with van der Waals surface area (Å²) in [4.78, 5) is 0. The van der Waals surface area contributed by atoms with Crippen molar-refractivity contribution in [3.8, 4) is 0 Å². The monoisotopic (exact) mass is 343 g/mol. The highest BCUT2D eigenvalue weighted by molar-refractivity contribution is 7.93. The first-order valence-electron chi connectivity index (χ1n) is 7.29. The number of sulfonamides is 1. The van der Waals surface area contributed by atoms with Crippen LogP contribution in [-0.4, -0.2) is 45.2 Å². The molecule has 0 aromatic heterocycles. The molecule has 5 nitrogen and oxygen atoms in total. The van der Waals surface area contributed by atoms with E-state index in [0.717, 1.165) is 5.56 Å². The molecule has 0 aliphatic carbocycles. The maximum Gasteiger partial charge on any atom is 0.236 e. The molecule has 0 bridgehead atoms. The lowest BCUT2D eigenvalue weighted by molar-refractivity contribution is 0.345. The average molecular weight is 343 g/mol. The van der Waals surface area contributed by atoms with Crippen molar-refractivity contribution in [3.63, 3.8) is 0 Å². The van der Waals surface area contributed by atoms with Crippen LogP contribution in [0.3, 0.4) is 0 Å². The first-order valence-corrected chi connectivity index (χ1v) is 10.6. The van der Waals surface area contributed by atoms with E-state index in [9.17, 15) is 16.8 Å². The normalized spacial score (nSPS) is 21.6. The van der Waals surface area contributed by atoms with Gasteiger partial charge in [-0.2, -0.15) is 4.31 Å². The summed E-state index contributed by atoms with van der Waals surface area (Å²) in [6, 6.07) is 8.71. The van der Waals surface area contributed by atoms with Crippen LogP contribution >= 0.6 is 0 Å². The second kappa shape index (κ2) is 6.93. The van der Waals surface area contributed by atoms with E-state index >= 15 is 0 Å². The molecular formula is C15H21NO4S2. The molecule has 1 atom stereocenters. The van der Waals surface area contributed by atoms with Gasteiger partial charge in [0.25, 0.3) is 0 Å².